The fourth-order valence-corrected chi connectivity index (χ4v) is 2.95. The van der Waals surface area contributed by atoms with Crippen molar-refractivity contribution in [3.05, 3.63) is 29.8 Å². The minimum Gasteiger partial charge on any atom is -0.490 e. The molecule has 0 heterocycles. The van der Waals surface area contributed by atoms with E-state index in [0.29, 0.717) is 6.10 Å². The Labute approximate surface area is 115 Å². The van der Waals surface area contributed by atoms with Crippen molar-refractivity contribution in [3.63, 3.8) is 0 Å². The van der Waals surface area contributed by atoms with E-state index in [1.807, 2.05) is 24.3 Å². The van der Waals surface area contributed by atoms with Gasteiger partial charge < -0.3 is 9.84 Å². The smallest absolute Gasteiger partial charge is 0.120 e. The lowest BCUT2D eigenvalue weighted by Gasteiger charge is -2.31. The Bertz CT molecular complexity index is 460. The number of hydrogen-bond acceptors (Lipinski definition) is 2. The average molecular weight is 258 g/mol. The van der Waals surface area contributed by atoms with E-state index in [4.69, 9.17) is 9.84 Å². The Hall–Kier alpha value is -1.46. The average Bonchev–Trinajstić information content (AvgIpc) is 2.35. The van der Waals surface area contributed by atoms with Gasteiger partial charge in [0.2, 0.25) is 0 Å². The maximum absolute atomic E-state index is 8.71. The molecule has 0 radical (unpaired) electrons. The summed E-state index contributed by atoms with van der Waals surface area (Å²) in [6.07, 6.45) is 3.90. The fourth-order valence-electron chi connectivity index (χ4n) is 2.95. The third-order valence-corrected chi connectivity index (χ3v) is 3.58. The predicted molar refractivity (Wildman–Crippen MR) is 77.0 cm³/mol. The Morgan fingerprint density at radius 1 is 1.21 bits per heavy atom. The summed E-state index contributed by atoms with van der Waals surface area (Å²) in [6.45, 7) is 4.49. The first kappa shape index (κ1) is 14.0. The van der Waals surface area contributed by atoms with Gasteiger partial charge in [-0.25, -0.2) is 0 Å². The molecule has 102 valence electrons. The highest BCUT2D eigenvalue weighted by Crippen LogP contribution is 2.31. The normalized spacial score (nSPS) is 26.4. The molecule has 2 unspecified atom stereocenters. The van der Waals surface area contributed by atoms with Crippen LogP contribution in [0.4, 0.5) is 0 Å². The lowest BCUT2D eigenvalue weighted by Crippen LogP contribution is -2.28. The van der Waals surface area contributed by atoms with E-state index in [-0.39, 0.29) is 6.61 Å². The first-order valence-corrected chi connectivity index (χ1v) is 7.04. The zero-order chi connectivity index (χ0) is 13.7. The van der Waals surface area contributed by atoms with Crippen LogP contribution in [0.1, 0.15) is 38.7 Å². The summed E-state index contributed by atoms with van der Waals surface area (Å²) in [7, 11) is 0. The van der Waals surface area contributed by atoms with Crippen molar-refractivity contribution in [2.24, 2.45) is 11.8 Å². The molecule has 1 aliphatic carbocycles. The third kappa shape index (κ3) is 4.29. The van der Waals surface area contributed by atoms with Gasteiger partial charge in [0.25, 0.3) is 0 Å². The molecular formula is C17H22O2. The van der Waals surface area contributed by atoms with Gasteiger partial charge in [-0.15, -0.1) is 0 Å². The van der Waals surface area contributed by atoms with Crippen molar-refractivity contribution >= 4 is 0 Å². The van der Waals surface area contributed by atoms with Gasteiger partial charge in [-0.2, -0.15) is 0 Å². The molecule has 0 bridgehead atoms. The van der Waals surface area contributed by atoms with Gasteiger partial charge in [0.1, 0.15) is 12.4 Å². The van der Waals surface area contributed by atoms with Gasteiger partial charge in [-0.3, -0.25) is 0 Å². The molecule has 2 atom stereocenters. The number of ether oxygens (including phenoxy) is 1. The largest absolute Gasteiger partial charge is 0.490 e. The van der Waals surface area contributed by atoms with Crippen LogP contribution in [0.25, 0.3) is 0 Å². The van der Waals surface area contributed by atoms with Crippen LogP contribution in [0.2, 0.25) is 0 Å². The summed E-state index contributed by atoms with van der Waals surface area (Å²) in [5.74, 6) is 7.94. The summed E-state index contributed by atoms with van der Waals surface area (Å²) < 4.78 is 6.09. The van der Waals surface area contributed by atoms with Crippen molar-refractivity contribution in [1.82, 2.24) is 0 Å². The van der Waals surface area contributed by atoms with E-state index < -0.39 is 0 Å². The van der Waals surface area contributed by atoms with Crippen LogP contribution in [0, 0.1) is 23.7 Å². The molecule has 1 aliphatic rings. The second-order valence-corrected chi connectivity index (χ2v) is 5.65. The molecule has 1 fully saturated rings. The maximum atomic E-state index is 8.71. The Kier molecular flexibility index (Phi) is 4.87. The van der Waals surface area contributed by atoms with Crippen LogP contribution >= 0.6 is 0 Å². The molecule has 0 spiro atoms. The molecule has 0 amide bonds. The Morgan fingerprint density at radius 3 is 2.63 bits per heavy atom. The number of hydrogen-bond donors (Lipinski definition) is 1. The molecule has 2 rings (SSSR count). The fraction of sp³-hybridized carbons (Fsp3) is 0.529. The summed E-state index contributed by atoms with van der Waals surface area (Å²) in [6, 6.07) is 7.81. The van der Waals surface area contributed by atoms with Gasteiger partial charge in [0.05, 0.1) is 6.10 Å². The van der Waals surface area contributed by atoms with E-state index in [1.54, 1.807) is 0 Å². The summed E-state index contributed by atoms with van der Waals surface area (Å²) >= 11 is 0. The molecule has 2 nitrogen and oxygen atoms in total. The van der Waals surface area contributed by atoms with Gasteiger partial charge >= 0.3 is 0 Å². The van der Waals surface area contributed by atoms with Crippen molar-refractivity contribution in [2.75, 3.05) is 6.61 Å². The predicted octanol–water partition coefficient (Wildman–Crippen LogP) is 3.23. The second kappa shape index (κ2) is 6.63. The first-order valence-electron chi connectivity index (χ1n) is 7.04. The Balaban J connectivity index is 2.02. The van der Waals surface area contributed by atoms with Crippen LogP contribution in [-0.4, -0.2) is 17.8 Å². The van der Waals surface area contributed by atoms with Gasteiger partial charge in [-0.05, 0) is 49.3 Å². The van der Waals surface area contributed by atoms with E-state index >= 15 is 0 Å². The zero-order valence-electron chi connectivity index (χ0n) is 11.7. The summed E-state index contributed by atoms with van der Waals surface area (Å²) in [5.41, 5.74) is 0.892. The standard InChI is InChI=1S/C17H22O2/c1-13-9-14(2)11-17(10-13)19-16-7-3-5-15(12-16)6-4-8-18/h3,5,7,12-14,17-18H,8-11H2,1-2H3. The molecule has 19 heavy (non-hydrogen) atoms. The van der Waals surface area contributed by atoms with Crippen LogP contribution in [0.3, 0.4) is 0 Å². The van der Waals surface area contributed by atoms with Gasteiger partial charge in [0, 0.05) is 5.56 Å². The first-order chi connectivity index (χ1) is 9.17. The zero-order valence-corrected chi connectivity index (χ0v) is 11.7. The molecule has 0 aromatic heterocycles. The number of aliphatic hydroxyl groups excluding tert-OH is 1. The molecule has 0 saturated heterocycles. The number of benzene rings is 1. The molecule has 1 aromatic carbocycles. The second-order valence-electron chi connectivity index (χ2n) is 5.65. The van der Waals surface area contributed by atoms with Crippen molar-refractivity contribution in [1.29, 1.82) is 0 Å². The quantitative estimate of drug-likeness (QED) is 0.825. The van der Waals surface area contributed by atoms with Crippen LogP contribution in [0.15, 0.2) is 24.3 Å². The highest BCUT2D eigenvalue weighted by molar-refractivity contribution is 5.39. The monoisotopic (exact) mass is 258 g/mol. The summed E-state index contributed by atoms with van der Waals surface area (Å²) in [5, 5.41) is 8.71. The van der Waals surface area contributed by atoms with Gasteiger partial charge in [0.15, 0.2) is 0 Å². The lowest BCUT2D eigenvalue weighted by atomic mass is 9.82. The molecule has 2 heteroatoms. The summed E-state index contributed by atoms with van der Waals surface area (Å²) in [4.78, 5) is 0. The van der Waals surface area contributed by atoms with Crippen molar-refractivity contribution in [3.8, 4) is 17.6 Å². The third-order valence-electron chi connectivity index (χ3n) is 3.58. The maximum Gasteiger partial charge on any atom is 0.120 e. The van der Waals surface area contributed by atoms with Gasteiger partial charge in [-0.1, -0.05) is 31.8 Å². The van der Waals surface area contributed by atoms with Crippen LogP contribution in [-0.2, 0) is 0 Å². The van der Waals surface area contributed by atoms with E-state index in [2.05, 4.69) is 25.7 Å². The van der Waals surface area contributed by atoms with E-state index in [9.17, 15) is 0 Å². The van der Waals surface area contributed by atoms with Crippen LogP contribution < -0.4 is 4.74 Å². The minimum atomic E-state index is -0.108. The number of aliphatic hydroxyl groups is 1. The molecule has 1 saturated carbocycles. The van der Waals surface area contributed by atoms with E-state index in [1.165, 1.54) is 6.42 Å². The topological polar surface area (TPSA) is 29.5 Å². The SMILES string of the molecule is CC1CC(C)CC(Oc2cccc(C#CCO)c2)C1. The molecule has 1 aromatic rings. The van der Waals surface area contributed by atoms with Crippen molar-refractivity contribution < 1.29 is 9.84 Å². The molecular weight excluding hydrogens is 236 g/mol. The minimum absolute atomic E-state index is 0.108. The highest BCUT2D eigenvalue weighted by Gasteiger charge is 2.25. The number of rotatable bonds is 2. The molecule has 0 aliphatic heterocycles. The lowest BCUT2D eigenvalue weighted by molar-refractivity contribution is 0.101. The van der Waals surface area contributed by atoms with E-state index in [0.717, 1.165) is 36.0 Å². The molecule has 1 N–H and O–H groups in total. The Morgan fingerprint density at radius 2 is 1.95 bits per heavy atom. The van der Waals surface area contributed by atoms with Crippen molar-refractivity contribution in [2.45, 2.75) is 39.2 Å². The highest BCUT2D eigenvalue weighted by atomic mass is 16.5. The van der Waals surface area contributed by atoms with Crippen LogP contribution in [0.5, 0.6) is 5.75 Å².